The Morgan fingerprint density at radius 3 is 2.40 bits per heavy atom. The average molecular weight is 393 g/mol. The topological polar surface area (TPSA) is 144 Å². The molecule has 1 aromatic carbocycles. The highest BCUT2D eigenvalue weighted by Crippen LogP contribution is 2.40. The number of carbonyl (C=O) groups excluding carboxylic acids is 1. The van der Waals surface area contributed by atoms with Gasteiger partial charge in [0.15, 0.2) is 4.98 Å². The molecule has 0 aliphatic carbocycles. The van der Waals surface area contributed by atoms with Crippen molar-refractivity contribution in [2.24, 2.45) is 0 Å². The first-order chi connectivity index (χ1) is 11.6. The Kier molecular flexibility index (Phi) is 9.84. The lowest BCUT2D eigenvalue weighted by atomic mass is 10.2. The largest absolute Gasteiger partial charge is 0.726 e. The second-order valence-electron chi connectivity index (χ2n) is 4.21. The highest BCUT2D eigenvalue weighted by Gasteiger charge is 2.25. The van der Waals surface area contributed by atoms with Gasteiger partial charge in [-0.15, -0.1) is 11.8 Å². The second kappa shape index (κ2) is 10.7. The number of benzene rings is 1. The van der Waals surface area contributed by atoms with Crippen molar-refractivity contribution in [3.63, 3.8) is 0 Å². The molecule has 0 saturated heterocycles. The van der Waals surface area contributed by atoms with Crippen LogP contribution in [0, 0.1) is 5.39 Å². The van der Waals surface area contributed by atoms with E-state index >= 15 is 0 Å². The molecule has 0 fully saturated rings. The highest BCUT2D eigenvalue weighted by molar-refractivity contribution is 7.99. The van der Waals surface area contributed by atoms with Crippen molar-refractivity contribution >= 4 is 39.6 Å². The van der Waals surface area contributed by atoms with Gasteiger partial charge in [-0.25, -0.2) is 13.2 Å². The Labute approximate surface area is 150 Å². The molecular formula is C13H19N3O7S2. The molecule has 0 aliphatic rings. The number of amides is 1. The first-order valence-corrected chi connectivity index (χ1v) is 9.22. The van der Waals surface area contributed by atoms with Crippen LogP contribution in [0.4, 0.5) is 16.2 Å². The van der Waals surface area contributed by atoms with E-state index in [4.69, 9.17) is 32.4 Å². The van der Waals surface area contributed by atoms with Gasteiger partial charge in [0.1, 0.15) is 11.4 Å². The normalized spacial score (nSPS) is 10.1. The van der Waals surface area contributed by atoms with Crippen molar-refractivity contribution in [3.8, 4) is 5.75 Å². The van der Waals surface area contributed by atoms with Gasteiger partial charge in [0.05, 0.1) is 24.7 Å². The number of methoxy groups -OCH3 is 1. The minimum atomic E-state index is -4.92. The molecule has 0 radical (unpaired) electrons. The van der Waals surface area contributed by atoms with Crippen LogP contribution in [-0.2, 0) is 15.1 Å². The molecule has 1 aromatic rings. The summed E-state index contributed by atoms with van der Waals surface area (Å²) < 4.78 is 43.0. The number of rotatable bonds is 5. The summed E-state index contributed by atoms with van der Waals surface area (Å²) in [6, 6.07) is 3.34. The van der Waals surface area contributed by atoms with Gasteiger partial charge in [0.2, 0.25) is 15.8 Å². The van der Waals surface area contributed by atoms with Crippen molar-refractivity contribution < 1.29 is 31.8 Å². The van der Waals surface area contributed by atoms with Crippen LogP contribution >= 0.6 is 11.8 Å². The van der Waals surface area contributed by atoms with E-state index in [-0.39, 0.29) is 12.3 Å². The van der Waals surface area contributed by atoms with Crippen LogP contribution in [0.2, 0.25) is 0 Å². The summed E-state index contributed by atoms with van der Waals surface area (Å²) >= 11 is 1.58. The third kappa shape index (κ3) is 8.54. The lowest BCUT2D eigenvalue weighted by Gasteiger charge is -2.16. The summed E-state index contributed by atoms with van der Waals surface area (Å²) in [6.45, 7) is 4.03. The second-order valence-corrected chi connectivity index (χ2v) is 6.37. The van der Waals surface area contributed by atoms with E-state index in [9.17, 15) is 4.79 Å². The predicted octanol–water partition coefficient (Wildman–Crippen LogP) is 2.89. The fourth-order valence-corrected chi connectivity index (χ4v) is 2.42. The molecule has 0 unspecified atom stereocenters. The molecule has 1 rings (SSSR count). The van der Waals surface area contributed by atoms with Crippen molar-refractivity contribution in [3.05, 3.63) is 17.1 Å². The van der Waals surface area contributed by atoms with Gasteiger partial charge in [-0.05, 0) is 18.7 Å². The van der Waals surface area contributed by atoms with E-state index < -0.39 is 16.5 Å². The Morgan fingerprint density at radius 1 is 1.44 bits per heavy atom. The molecule has 1 amide bonds. The highest BCUT2D eigenvalue weighted by atomic mass is 32.3. The number of nitrogens with zero attached hydrogens (tertiary/aromatic N) is 3. The Hall–Kier alpha value is -2.07. The van der Waals surface area contributed by atoms with Gasteiger partial charge in [-0.2, -0.15) is 0 Å². The Morgan fingerprint density at radius 2 is 2.00 bits per heavy atom. The molecule has 0 saturated carbocycles. The van der Waals surface area contributed by atoms with Crippen molar-refractivity contribution in [1.82, 2.24) is 0 Å². The zero-order valence-electron chi connectivity index (χ0n) is 14.1. The molecule has 12 heteroatoms. The molecular weight excluding hydrogens is 374 g/mol. The lowest BCUT2D eigenvalue weighted by molar-refractivity contribution is 0.161. The predicted molar refractivity (Wildman–Crippen MR) is 91.9 cm³/mol. The average Bonchev–Trinajstić information content (AvgIpc) is 2.52. The van der Waals surface area contributed by atoms with Gasteiger partial charge in [0, 0.05) is 7.05 Å². The Balaban J connectivity index is 0.00000101. The maximum absolute atomic E-state index is 11.8. The standard InChI is InChI=1S/C13H18N3O3S.H2O4S/c1-5-19-13(17)16(3)10-8-12(20-6-2)11(18-4)7-9(10)15-14;1-5(2,3)4/h7-8H,5-6H2,1-4H3;(H2,1,2,3,4)/q+1;/p-1. The number of anilines is 1. The summed E-state index contributed by atoms with van der Waals surface area (Å²) in [7, 11) is -1.81. The fraction of sp³-hybridized carbons (Fsp3) is 0.462. The smallest absolute Gasteiger partial charge is 0.414 e. The molecule has 0 aromatic heterocycles. The van der Waals surface area contributed by atoms with Crippen LogP contribution in [-0.4, -0.2) is 50.1 Å². The number of thioether (sulfide) groups is 1. The summed E-state index contributed by atoms with van der Waals surface area (Å²) in [6.07, 6.45) is -0.505. The first kappa shape index (κ1) is 22.9. The van der Waals surface area contributed by atoms with Crippen molar-refractivity contribution in [2.75, 3.05) is 31.4 Å². The van der Waals surface area contributed by atoms with E-state index in [2.05, 4.69) is 4.98 Å². The monoisotopic (exact) mass is 393 g/mol. The number of hydrogen-bond acceptors (Lipinski definition) is 8. The summed E-state index contributed by atoms with van der Waals surface area (Å²) in [5.41, 5.74) is 0.709. The number of carbonyl (C=O) groups is 1. The van der Waals surface area contributed by atoms with E-state index in [1.54, 1.807) is 45.0 Å². The molecule has 0 atom stereocenters. The van der Waals surface area contributed by atoms with Crippen LogP contribution < -0.4 is 9.64 Å². The van der Waals surface area contributed by atoms with E-state index in [1.807, 2.05) is 6.92 Å². The summed E-state index contributed by atoms with van der Waals surface area (Å²) in [4.78, 5) is 17.2. The maximum Gasteiger partial charge on any atom is 0.414 e. The van der Waals surface area contributed by atoms with Gasteiger partial charge < -0.3 is 14.0 Å². The molecule has 25 heavy (non-hydrogen) atoms. The SMILES string of the molecule is CCOC(=O)N(C)c1cc(SCC)c(OC)cc1[N+]#N.O=S(=O)([O-])O. The lowest BCUT2D eigenvalue weighted by Crippen LogP contribution is -2.27. The fourth-order valence-electron chi connectivity index (χ4n) is 1.63. The molecule has 0 spiro atoms. The number of ether oxygens (including phenoxy) is 2. The van der Waals surface area contributed by atoms with E-state index in [0.29, 0.717) is 11.4 Å². The van der Waals surface area contributed by atoms with Gasteiger partial charge in [-0.3, -0.25) is 9.45 Å². The third-order valence-electron chi connectivity index (χ3n) is 2.57. The maximum atomic E-state index is 11.8. The minimum absolute atomic E-state index is 0.248. The van der Waals surface area contributed by atoms with Gasteiger partial charge >= 0.3 is 11.8 Å². The Bertz CT molecular complexity index is 724. The van der Waals surface area contributed by atoms with Crippen LogP contribution in [0.1, 0.15) is 13.8 Å². The zero-order valence-corrected chi connectivity index (χ0v) is 15.8. The summed E-state index contributed by atoms with van der Waals surface area (Å²) in [5.74, 6) is 1.46. The molecule has 0 aliphatic heterocycles. The number of hydrogen-bond donors (Lipinski definition) is 1. The van der Waals surface area contributed by atoms with Crippen molar-refractivity contribution in [1.29, 1.82) is 5.39 Å². The third-order valence-corrected chi connectivity index (χ3v) is 3.49. The minimum Gasteiger partial charge on any atom is -0.726 e. The number of diazo groups is 1. The van der Waals surface area contributed by atoms with Crippen LogP contribution in [0.5, 0.6) is 5.75 Å². The molecule has 0 bridgehead atoms. The summed E-state index contributed by atoms with van der Waals surface area (Å²) in [5, 5.41) is 9.10. The molecule has 10 nitrogen and oxygen atoms in total. The molecule has 140 valence electrons. The van der Waals surface area contributed by atoms with Crippen LogP contribution in [0.15, 0.2) is 17.0 Å². The van der Waals surface area contributed by atoms with E-state index in [1.165, 1.54) is 4.90 Å². The van der Waals surface area contributed by atoms with Crippen molar-refractivity contribution in [2.45, 2.75) is 18.7 Å². The molecule has 0 heterocycles. The van der Waals surface area contributed by atoms with E-state index in [0.717, 1.165) is 10.6 Å². The molecule has 1 N–H and O–H groups in total. The van der Waals surface area contributed by atoms with Crippen LogP contribution in [0.3, 0.4) is 0 Å². The van der Waals surface area contributed by atoms with Gasteiger partial charge in [-0.1, -0.05) is 6.92 Å². The first-order valence-electron chi connectivity index (χ1n) is 6.87. The quantitative estimate of drug-likeness (QED) is 0.345. The van der Waals surface area contributed by atoms with Gasteiger partial charge in [0.25, 0.3) is 0 Å². The van der Waals surface area contributed by atoms with Crippen LogP contribution in [0.25, 0.3) is 4.98 Å². The zero-order chi connectivity index (χ0) is 19.6.